The molecule has 188 valence electrons. The van der Waals surface area contributed by atoms with E-state index in [9.17, 15) is 9.59 Å². The molecule has 1 unspecified atom stereocenters. The van der Waals surface area contributed by atoms with Crippen LogP contribution in [0.15, 0.2) is 4.99 Å². The fourth-order valence-corrected chi connectivity index (χ4v) is 3.47. The van der Waals surface area contributed by atoms with Gasteiger partial charge < -0.3 is 17.2 Å². The second-order valence-electron chi connectivity index (χ2n) is 8.61. The third kappa shape index (κ3) is 21.4. The van der Waals surface area contributed by atoms with Gasteiger partial charge in [0.15, 0.2) is 5.96 Å². The van der Waals surface area contributed by atoms with Crippen LogP contribution >= 0.6 is 0 Å². The van der Waals surface area contributed by atoms with E-state index in [1.807, 2.05) is 0 Å². The molecule has 6 N–H and O–H groups in total. The molecule has 0 aromatic rings. The average Bonchev–Trinajstić information content (AvgIpc) is 2.77. The predicted octanol–water partition coefficient (Wildman–Crippen LogP) is 4.63. The van der Waals surface area contributed by atoms with Crippen LogP contribution in [-0.4, -0.2) is 30.5 Å². The van der Waals surface area contributed by atoms with Crippen molar-refractivity contribution in [3.05, 3.63) is 0 Å². The van der Waals surface area contributed by atoms with Crippen molar-refractivity contribution in [1.82, 2.24) is 0 Å². The van der Waals surface area contributed by atoms with Crippen LogP contribution in [0.3, 0.4) is 0 Å². The van der Waals surface area contributed by atoms with Crippen molar-refractivity contribution in [3.63, 3.8) is 0 Å². The molecule has 0 aliphatic rings. The Hall–Kier alpha value is -1.83. The highest BCUT2D eigenvalue weighted by atomic mass is 17.2. The van der Waals surface area contributed by atoms with E-state index >= 15 is 0 Å². The van der Waals surface area contributed by atoms with E-state index in [0.717, 1.165) is 19.3 Å². The van der Waals surface area contributed by atoms with Gasteiger partial charge in [0.25, 0.3) is 0 Å². The van der Waals surface area contributed by atoms with E-state index in [0.29, 0.717) is 19.4 Å². The topological polar surface area (TPSA) is 143 Å². The average molecular weight is 457 g/mol. The Bertz CT molecular complexity index is 496. The number of carbonyl (C=O) groups excluding carboxylic acids is 2. The number of nitrogens with two attached hydrogens (primary N) is 3. The van der Waals surface area contributed by atoms with Crippen molar-refractivity contribution in [1.29, 1.82) is 0 Å². The molecular formula is C24H48N4O4. The molecule has 0 aromatic heterocycles. The molecule has 0 heterocycles. The smallest absolute Gasteiger partial charge is 0.370 e. The molecule has 32 heavy (non-hydrogen) atoms. The summed E-state index contributed by atoms with van der Waals surface area (Å²) in [5, 5.41) is 0. The largest absolute Gasteiger partial charge is 0.372 e. The van der Waals surface area contributed by atoms with Crippen molar-refractivity contribution in [2.45, 2.75) is 129 Å². The molecule has 8 heteroatoms. The van der Waals surface area contributed by atoms with Gasteiger partial charge in [-0.05, 0) is 19.3 Å². The molecule has 0 amide bonds. The number of rotatable bonds is 21. The van der Waals surface area contributed by atoms with Gasteiger partial charge in [0.1, 0.15) is 6.04 Å². The Balaban J connectivity index is 3.42. The van der Waals surface area contributed by atoms with E-state index in [1.54, 1.807) is 0 Å². The van der Waals surface area contributed by atoms with Crippen LogP contribution in [0.25, 0.3) is 0 Å². The molecule has 0 aromatic carbocycles. The molecule has 0 saturated carbocycles. The second kappa shape index (κ2) is 22.4. The Morgan fingerprint density at radius 3 is 1.66 bits per heavy atom. The first-order valence-corrected chi connectivity index (χ1v) is 12.7. The maximum absolute atomic E-state index is 11.7. The first kappa shape index (κ1) is 30.2. The summed E-state index contributed by atoms with van der Waals surface area (Å²) in [7, 11) is 0. The quantitative estimate of drug-likeness (QED) is 0.0751. The van der Waals surface area contributed by atoms with Gasteiger partial charge in [0, 0.05) is 6.54 Å². The minimum Gasteiger partial charge on any atom is -0.370 e. The van der Waals surface area contributed by atoms with Crippen LogP contribution < -0.4 is 17.2 Å². The van der Waals surface area contributed by atoms with Crippen molar-refractivity contribution in [2.24, 2.45) is 22.2 Å². The fourth-order valence-electron chi connectivity index (χ4n) is 3.47. The summed E-state index contributed by atoms with van der Waals surface area (Å²) < 4.78 is 0. The monoisotopic (exact) mass is 456 g/mol. The Morgan fingerprint density at radius 1 is 0.719 bits per heavy atom. The second-order valence-corrected chi connectivity index (χ2v) is 8.61. The van der Waals surface area contributed by atoms with Crippen LogP contribution in [0.1, 0.15) is 122 Å². The van der Waals surface area contributed by atoms with E-state index in [4.69, 9.17) is 17.2 Å². The van der Waals surface area contributed by atoms with Crippen molar-refractivity contribution in [2.75, 3.05) is 6.54 Å². The maximum Gasteiger partial charge on any atom is 0.372 e. The molecule has 0 fully saturated rings. The van der Waals surface area contributed by atoms with E-state index in [1.165, 1.54) is 77.0 Å². The Morgan fingerprint density at radius 2 is 1.19 bits per heavy atom. The van der Waals surface area contributed by atoms with Gasteiger partial charge in [-0.2, -0.15) is 0 Å². The summed E-state index contributed by atoms with van der Waals surface area (Å²) in [5.41, 5.74) is 16.1. The summed E-state index contributed by atoms with van der Waals surface area (Å²) >= 11 is 0. The fraction of sp³-hybridized carbons (Fsp3) is 0.875. The minimum absolute atomic E-state index is 0.00567. The van der Waals surface area contributed by atoms with Crippen molar-refractivity contribution >= 4 is 17.9 Å². The van der Waals surface area contributed by atoms with Gasteiger partial charge in [-0.25, -0.2) is 19.4 Å². The molecule has 0 spiro atoms. The van der Waals surface area contributed by atoms with E-state index < -0.39 is 18.0 Å². The number of aliphatic imine (C=N–C) groups is 1. The molecule has 0 aliphatic carbocycles. The summed E-state index contributed by atoms with van der Waals surface area (Å²) in [4.78, 5) is 36.2. The first-order chi connectivity index (χ1) is 15.5. The summed E-state index contributed by atoms with van der Waals surface area (Å²) in [6.45, 7) is 2.63. The number of carbonyl (C=O) groups is 2. The normalized spacial score (nSPS) is 11.7. The SMILES string of the molecule is CCCCCCCCCCCCCCCCCC(=O)OOC(=O)C(N)CCCN=C(N)N. The lowest BCUT2D eigenvalue weighted by Gasteiger charge is -2.09. The van der Waals surface area contributed by atoms with Gasteiger partial charge in [0.05, 0.1) is 6.42 Å². The third-order valence-corrected chi connectivity index (χ3v) is 5.47. The Kier molecular flexibility index (Phi) is 21.1. The van der Waals surface area contributed by atoms with Crippen LogP contribution in [0.5, 0.6) is 0 Å². The lowest BCUT2D eigenvalue weighted by molar-refractivity contribution is -0.260. The standard InChI is InChI=1S/C24H48N4O4/c1-2-3-4-5-6-7-8-9-10-11-12-13-14-15-16-19-22(29)31-32-23(30)21(25)18-17-20-28-24(26)27/h21H,2-20,25H2,1H3,(H4,26,27,28). The van der Waals surface area contributed by atoms with Gasteiger partial charge in [0.2, 0.25) is 0 Å². The van der Waals surface area contributed by atoms with Gasteiger partial charge in [-0.1, -0.05) is 96.8 Å². The number of nitrogens with zero attached hydrogens (tertiary/aromatic N) is 1. The van der Waals surface area contributed by atoms with Gasteiger partial charge in [-0.3, -0.25) is 4.99 Å². The predicted molar refractivity (Wildman–Crippen MR) is 130 cm³/mol. The molecule has 0 aliphatic heterocycles. The summed E-state index contributed by atoms with van der Waals surface area (Å²) in [5.74, 6) is -1.31. The first-order valence-electron chi connectivity index (χ1n) is 12.7. The molecule has 8 nitrogen and oxygen atoms in total. The maximum atomic E-state index is 11.7. The van der Waals surface area contributed by atoms with Crippen LogP contribution in [0, 0.1) is 0 Å². The van der Waals surface area contributed by atoms with Gasteiger partial charge in [-0.15, -0.1) is 0 Å². The van der Waals surface area contributed by atoms with Crippen LogP contribution in [-0.2, 0) is 19.4 Å². The van der Waals surface area contributed by atoms with Gasteiger partial charge >= 0.3 is 11.9 Å². The number of unbranched alkanes of at least 4 members (excludes halogenated alkanes) is 14. The lowest BCUT2D eigenvalue weighted by Crippen LogP contribution is -2.33. The van der Waals surface area contributed by atoms with Crippen LogP contribution in [0.2, 0.25) is 0 Å². The highest BCUT2D eigenvalue weighted by Gasteiger charge is 2.18. The van der Waals surface area contributed by atoms with Crippen molar-refractivity contribution in [3.8, 4) is 0 Å². The zero-order valence-electron chi connectivity index (χ0n) is 20.3. The number of hydrogen-bond acceptors (Lipinski definition) is 6. The summed E-state index contributed by atoms with van der Waals surface area (Å²) in [6.07, 6.45) is 20.1. The minimum atomic E-state index is -0.872. The Labute approximate surface area is 195 Å². The number of hydrogen-bond donors (Lipinski definition) is 3. The van der Waals surface area contributed by atoms with E-state index in [-0.39, 0.29) is 12.4 Å². The molecule has 1 atom stereocenters. The molecular weight excluding hydrogens is 408 g/mol. The molecule has 0 radical (unpaired) electrons. The highest BCUT2D eigenvalue weighted by molar-refractivity contribution is 5.77. The molecule has 0 saturated heterocycles. The zero-order chi connectivity index (χ0) is 23.9. The summed E-state index contributed by atoms with van der Waals surface area (Å²) in [6, 6.07) is -0.872. The zero-order valence-corrected chi connectivity index (χ0v) is 20.3. The van der Waals surface area contributed by atoms with Crippen molar-refractivity contribution < 1.29 is 19.4 Å². The highest BCUT2D eigenvalue weighted by Crippen LogP contribution is 2.14. The molecule has 0 rings (SSSR count). The lowest BCUT2D eigenvalue weighted by atomic mass is 10.0. The third-order valence-electron chi connectivity index (χ3n) is 5.47. The molecule has 0 bridgehead atoms. The number of guanidine groups is 1. The van der Waals surface area contributed by atoms with E-state index in [2.05, 4.69) is 21.7 Å². The van der Waals surface area contributed by atoms with Crippen LogP contribution in [0.4, 0.5) is 0 Å².